The fourth-order valence-corrected chi connectivity index (χ4v) is 6.62. The van der Waals surface area contributed by atoms with Gasteiger partial charge in [-0.1, -0.05) is 30.2 Å². The van der Waals surface area contributed by atoms with Crippen molar-refractivity contribution >= 4 is 17.2 Å². The second-order valence-electron chi connectivity index (χ2n) is 11.5. The first-order valence-electron chi connectivity index (χ1n) is 14.7. The number of anilines is 3. The molecule has 3 fully saturated rings. The van der Waals surface area contributed by atoms with Crippen LogP contribution >= 0.6 is 0 Å². The minimum Gasteiger partial charge on any atom is -0.507 e. The van der Waals surface area contributed by atoms with Crippen LogP contribution in [0, 0.1) is 23.2 Å². The van der Waals surface area contributed by atoms with Gasteiger partial charge >= 0.3 is 0 Å². The van der Waals surface area contributed by atoms with Gasteiger partial charge < -0.3 is 20.6 Å². The standard InChI is InChI=1S/C34H32N8O/c35-18-23-7-9-24(10-8-23)25-19-40(20-25)15-3-4-26-16-27(13-14-37-26)42-28-11-12-29(42)22-41(21-28)32-17-31(38-39-34(32)36)30-5-1-2-6-33(30)43/h1-2,5-10,13-14,16-17,25,28-29,43H,11-12,15,19-22H2,(H2,36,39). The molecule has 0 saturated carbocycles. The number of rotatable bonds is 5. The van der Waals surface area contributed by atoms with Crippen LogP contribution in [0.2, 0.25) is 0 Å². The van der Waals surface area contributed by atoms with Crippen LogP contribution in [0.3, 0.4) is 0 Å². The minimum atomic E-state index is 0.172. The molecular formula is C34H32N8O. The van der Waals surface area contributed by atoms with Gasteiger partial charge in [0.1, 0.15) is 11.4 Å². The summed E-state index contributed by atoms with van der Waals surface area (Å²) in [6, 6.07) is 24.0. The smallest absolute Gasteiger partial charge is 0.169 e. The number of likely N-dealkylation sites (tertiary alicyclic amines) is 1. The third kappa shape index (κ3) is 5.31. The molecule has 2 unspecified atom stereocenters. The lowest BCUT2D eigenvalue weighted by molar-refractivity contribution is 0.170. The number of benzene rings is 2. The van der Waals surface area contributed by atoms with Crippen LogP contribution in [0.1, 0.15) is 35.6 Å². The Kier molecular flexibility index (Phi) is 7.02. The summed E-state index contributed by atoms with van der Waals surface area (Å²) in [6.45, 7) is 4.32. The van der Waals surface area contributed by atoms with Crippen molar-refractivity contribution in [3.05, 3.63) is 89.7 Å². The van der Waals surface area contributed by atoms with Crippen molar-refractivity contribution in [3.8, 4) is 34.9 Å². The lowest BCUT2D eigenvalue weighted by atomic mass is 9.91. The molecule has 4 aromatic rings. The fourth-order valence-electron chi connectivity index (χ4n) is 6.62. The molecule has 9 heteroatoms. The first kappa shape index (κ1) is 26.8. The van der Waals surface area contributed by atoms with Crippen LogP contribution in [0.15, 0.2) is 72.9 Å². The summed E-state index contributed by atoms with van der Waals surface area (Å²) in [5, 5.41) is 27.8. The Bertz CT molecular complexity index is 1730. The van der Waals surface area contributed by atoms with Gasteiger partial charge in [-0.05, 0) is 66.8 Å². The van der Waals surface area contributed by atoms with E-state index in [4.69, 9.17) is 11.0 Å². The summed E-state index contributed by atoms with van der Waals surface area (Å²) in [5.41, 5.74) is 12.4. The average molecular weight is 569 g/mol. The summed E-state index contributed by atoms with van der Waals surface area (Å²) in [4.78, 5) is 11.7. The van der Waals surface area contributed by atoms with E-state index in [1.165, 1.54) is 5.56 Å². The number of piperazine rings is 1. The maximum atomic E-state index is 10.3. The molecule has 3 N–H and O–H groups in total. The fraction of sp³-hybridized carbons (Fsp3) is 0.294. The molecule has 0 spiro atoms. The topological polar surface area (TPSA) is 118 Å². The van der Waals surface area contributed by atoms with Crippen molar-refractivity contribution in [3.63, 3.8) is 0 Å². The molecule has 0 radical (unpaired) electrons. The molecule has 9 nitrogen and oxygen atoms in total. The zero-order valence-electron chi connectivity index (χ0n) is 23.8. The number of pyridine rings is 1. The molecule has 5 heterocycles. The summed E-state index contributed by atoms with van der Waals surface area (Å²) in [5.74, 6) is 7.68. The van der Waals surface area contributed by atoms with Crippen LogP contribution in [-0.2, 0) is 0 Å². The van der Waals surface area contributed by atoms with Gasteiger partial charge in [0, 0.05) is 61.6 Å². The maximum Gasteiger partial charge on any atom is 0.169 e. The number of phenolic OH excluding ortho intramolecular Hbond substituents is 1. The minimum absolute atomic E-state index is 0.172. The molecule has 0 aliphatic carbocycles. The molecule has 3 saturated heterocycles. The van der Waals surface area contributed by atoms with Gasteiger partial charge in [0.25, 0.3) is 0 Å². The predicted octanol–water partition coefficient (Wildman–Crippen LogP) is 4.01. The number of nitrogens with two attached hydrogens (primary N) is 1. The number of aromatic nitrogens is 3. The molecule has 2 aromatic carbocycles. The molecule has 214 valence electrons. The van der Waals surface area contributed by atoms with E-state index in [0.717, 1.165) is 56.1 Å². The number of aromatic hydroxyl groups is 1. The number of hydrogen-bond acceptors (Lipinski definition) is 9. The molecule has 3 aliphatic rings. The third-order valence-electron chi connectivity index (χ3n) is 8.83. The Labute approximate surface area is 251 Å². The van der Waals surface area contributed by atoms with Crippen molar-refractivity contribution < 1.29 is 5.11 Å². The second kappa shape index (κ2) is 11.3. The van der Waals surface area contributed by atoms with Crippen LogP contribution in [0.5, 0.6) is 5.75 Å². The van der Waals surface area contributed by atoms with Crippen molar-refractivity contribution in [1.29, 1.82) is 5.26 Å². The molecule has 2 atom stereocenters. The van der Waals surface area contributed by atoms with Gasteiger partial charge in [0.05, 0.1) is 29.6 Å². The van der Waals surface area contributed by atoms with E-state index in [-0.39, 0.29) is 5.75 Å². The number of phenols is 1. The maximum absolute atomic E-state index is 10.3. The highest BCUT2D eigenvalue weighted by molar-refractivity contribution is 5.74. The number of hydrogen-bond donors (Lipinski definition) is 2. The molecule has 7 rings (SSSR count). The summed E-state index contributed by atoms with van der Waals surface area (Å²) < 4.78 is 0. The second-order valence-corrected chi connectivity index (χ2v) is 11.5. The number of fused-ring (bicyclic) bond motifs is 2. The Morgan fingerprint density at radius 2 is 1.70 bits per heavy atom. The lowest BCUT2D eigenvalue weighted by Gasteiger charge is -2.43. The molecule has 2 bridgehead atoms. The normalized spacial score (nSPS) is 19.8. The van der Waals surface area contributed by atoms with E-state index in [0.29, 0.717) is 47.2 Å². The Hall–Kier alpha value is -5.12. The largest absolute Gasteiger partial charge is 0.507 e. The van der Waals surface area contributed by atoms with Gasteiger partial charge in [-0.2, -0.15) is 5.26 Å². The van der Waals surface area contributed by atoms with Crippen LogP contribution < -0.4 is 15.5 Å². The average Bonchev–Trinajstić information content (AvgIpc) is 3.28. The van der Waals surface area contributed by atoms with Gasteiger partial charge in [0.15, 0.2) is 5.82 Å². The van der Waals surface area contributed by atoms with E-state index in [9.17, 15) is 5.11 Å². The van der Waals surface area contributed by atoms with E-state index in [1.54, 1.807) is 12.1 Å². The van der Waals surface area contributed by atoms with Gasteiger partial charge in [-0.25, -0.2) is 4.98 Å². The van der Waals surface area contributed by atoms with Crippen LogP contribution in [0.25, 0.3) is 11.3 Å². The highest BCUT2D eigenvalue weighted by Gasteiger charge is 2.40. The van der Waals surface area contributed by atoms with Crippen LogP contribution in [0.4, 0.5) is 17.2 Å². The van der Waals surface area contributed by atoms with E-state index in [1.807, 2.05) is 36.5 Å². The first-order valence-corrected chi connectivity index (χ1v) is 14.7. The third-order valence-corrected chi connectivity index (χ3v) is 8.83. The summed E-state index contributed by atoms with van der Waals surface area (Å²) in [6.07, 6.45) is 4.06. The molecule has 3 aliphatic heterocycles. The predicted molar refractivity (Wildman–Crippen MR) is 167 cm³/mol. The van der Waals surface area contributed by atoms with Crippen molar-refractivity contribution in [2.24, 2.45) is 0 Å². The van der Waals surface area contributed by atoms with Crippen molar-refractivity contribution in [2.75, 3.05) is 48.3 Å². The molecule has 43 heavy (non-hydrogen) atoms. The quantitative estimate of drug-likeness (QED) is 0.344. The Morgan fingerprint density at radius 1 is 0.930 bits per heavy atom. The van der Waals surface area contributed by atoms with E-state index in [2.05, 4.69) is 72.1 Å². The first-order chi connectivity index (χ1) is 21.1. The van der Waals surface area contributed by atoms with Crippen LogP contribution in [-0.4, -0.2) is 70.0 Å². The Morgan fingerprint density at radius 3 is 2.44 bits per heavy atom. The van der Waals surface area contributed by atoms with Gasteiger partial charge in [0.2, 0.25) is 0 Å². The molecular weight excluding hydrogens is 536 g/mol. The zero-order valence-corrected chi connectivity index (χ0v) is 23.8. The molecule has 0 amide bonds. The monoisotopic (exact) mass is 568 g/mol. The van der Waals surface area contributed by atoms with Gasteiger partial charge in [-0.15, -0.1) is 10.2 Å². The molecule has 2 aromatic heterocycles. The summed E-state index contributed by atoms with van der Waals surface area (Å²) >= 11 is 0. The van der Waals surface area contributed by atoms with Crippen molar-refractivity contribution in [1.82, 2.24) is 20.1 Å². The SMILES string of the molecule is N#Cc1ccc(C2CN(CC#Cc3cc(N4C5CCC4CN(c4cc(-c6ccccc6O)nnc4N)C5)ccn3)C2)cc1. The highest BCUT2D eigenvalue weighted by atomic mass is 16.3. The lowest BCUT2D eigenvalue weighted by Crippen LogP contribution is -2.54. The van der Waals surface area contributed by atoms with Crippen molar-refractivity contribution in [2.45, 2.75) is 30.8 Å². The van der Waals surface area contributed by atoms with E-state index < -0.39 is 0 Å². The number of para-hydroxylation sites is 1. The Balaban J connectivity index is 1.00. The number of nitrogen functional groups attached to an aromatic ring is 1. The highest BCUT2D eigenvalue weighted by Crippen LogP contribution is 2.39. The number of nitrogens with zero attached hydrogens (tertiary/aromatic N) is 7. The zero-order chi connectivity index (χ0) is 29.3. The van der Waals surface area contributed by atoms with E-state index >= 15 is 0 Å². The summed E-state index contributed by atoms with van der Waals surface area (Å²) in [7, 11) is 0. The number of nitriles is 1. The van der Waals surface area contributed by atoms with Gasteiger partial charge in [-0.3, -0.25) is 4.90 Å².